The average Bonchev–Trinajstić information content (AvgIpc) is 3.22. The van der Waals surface area contributed by atoms with Crippen LogP contribution in [0.4, 0.5) is 34.1 Å². The van der Waals surface area contributed by atoms with Gasteiger partial charge in [-0.05, 0) is 118 Å². The van der Waals surface area contributed by atoms with Gasteiger partial charge in [0.25, 0.3) is 0 Å². The Kier molecular flexibility index (Phi) is 9.51. The molecule has 0 saturated carbocycles. The quantitative estimate of drug-likeness (QED) is 0.148. The predicted molar refractivity (Wildman–Crippen MR) is 223 cm³/mol. The lowest BCUT2D eigenvalue weighted by molar-refractivity contribution is 0.622. The van der Waals surface area contributed by atoms with Gasteiger partial charge in [0.05, 0.1) is 5.69 Å². The van der Waals surface area contributed by atoms with Gasteiger partial charge in [0, 0.05) is 33.8 Å². The molecule has 0 bridgehead atoms. The Bertz CT molecular complexity index is 2390. The second kappa shape index (κ2) is 15.0. The van der Waals surface area contributed by atoms with Crippen molar-refractivity contribution < 1.29 is 0 Å². The first-order valence-electron chi connectivity index (χ1n) is 18.3. The van der Waals surface area contributed by atoms with Crippen molar-refractivity contribution in [2.75, 3.05) is 16.3 Å². The zero-order chi connectivity index (χ0) is 35.3. The fourth-order valence-corrected chi connectivity index (χ4v) is 7.44. The van der Waals surface area contributed by atoms with Crippen molar-refractivity contribution >= 4 is 55.7 Å². The molecule has 0 aliphatic heterocycles. The van der Waals surface area contributed by atoms with Gasteiger partial charge in [-0.15, -0.1) is 0 Å². The molecule has 8 aromatic rings. The third-order valence-corrected chi connectivity index (χ3v) is 10.1. The molecular formula is C49H43N3. The normalized spacial score (nSPS) is 11.8. The van der Waals surface area contributed by atoms with Crippen LogP contribution in [0.1, 0.15) is 31.2 Å². The highest BCUT2D eigenvalue weighted by Gasteiger charge is 2.19. The van der Waals surface area contributed by atoms with Crippen molar-refractivity contribution in [2.45, 2.75) is 25.7 Å². The van der Waals surface area contributed by atoms with Crippen molar-refractivity contribution in [3.63, 3.8) is 0 Å². The number of hydrogen-bond acceptors (Lipinski definition) is 3. The van der Waals surface area contributed by atoms with Gasteiger partial charge in [-0.1, -0.05) is 135 Å². The molecule has 3 heteroatoms. The van der Waals surface area contributed by atoms with E-state index in [4.69, 9.17) is 5.73 Å². The van der Waals surface area contributed by atoms with Gasteiger partial charge in [0.15, 0.2) is 0 Å². The van der Waals surface area contributed by atoms with E-state index < -0.39 is 0 Å². The zero-order valence-electron chi connectivity index (χ0n) is 29.6. The highest BCUT2D eigenvalue weighted by Crippen LogP contribution is 2.42. The fraction of sp³-hybridized carbons (Fsp3) is 0.102. The smallest absolute Gasteiger partial charge is 0.0540 e. The summed E-state index contributed by atoms with van der Waals surface area (Å²) in [7, 11) is 0. The Morgan fingerprint density at radius 1 is 0.442 bits per heavy atom. The highest BCUT2D eigenvalue weighted by atomic mass is 15.2. The molecule has 3 nitrogen and oxygen atoms in total. The van der Waals surface area contributed by atoms with Crippen LogP contribution in [0, 0.1) is 0 Å². The van der Waals surface area contributed by atoms with Crippen LogP contribution in [0.2, 0.25) is 0 Å². The predicted octanol–water partition coefficient (Wildman–Crippen LogP) is 13.4. The van der Waals surface area contributed by atoms with Crippen molar-refractivity contribution in [1.82, 2.24) is 0 Å². The molecule has 0 aliphatic rings. The summed E-state index contributed by atoms with van der Waals surface area (Å²) in [6.07, 6.45) is 2.21. The first-order chi connectivity index (χ1) is 25.7. The van der Waals surface area contributed by atoms with Crippen LogP contribution < -0.4 is 15.5 Å². The number of benzene rings is 8. The van der Waals surface area contributed by atoms with Gasteiger partial charge in [0.2, 0.25) is 0 Å². The third-order valence-electron chi connectivity index (χ3n) is 10.1. The Labute approximate surface area is 307 Å². The summed E-state index contributed by atoms with van der Waals surface area (Å²) in [5, 5.41) is 4.86. The lowest BCUT2D eigenvalue weighted by atomic mass is 9.94. The Morgan fingerprint density at radius 2 is 0.962 bits per heavy atom. The van der Waals surface area contributed by atoms with Gasteiger partial charge < -0.3 is 15.5 Å². The summed E-state index contributed by atoms with van der Waals surface area (Å²) in [5.41, 5.74) is 16.6. The minimum atomic E-state index is 0.370. The third kappa shape index (κ3) is 6.67. The van der Waals surface area contributed by atoms with E-state index in [-0.39, 0.29) is 0 Å². The van der Waals surface area contributed by atoms with Crippen molar-refractivity contribution in [3.8, 4) is 11.1 Å². The highest BCUT2D eigenvalue weighted by molar-refractivity contribution is 5.99. The van der Waals surface area contributed by atoms with Crippen molar-refractivity contribution in [1.29, 1.82) is 0 Å². The van der Waals surface area contributed by atoms with E-state index in [0.717, 1.165) is 47.0 Å². The molecule has 254 valence electrons. The van der Waals surface area contributed by atoms with Crippen molar-refractivity contribution in [2.24, 2.45) is 5.73 Å². The summed E-state index contributed by atoms with van der Waals surface area (Å²) in [5.74, 6) is 0.370. The molecule has 2 N–H and O–H groups in total. The maximum atomic E-state index is 6.20. The largest absolute Gasteiger partial charge is 0.330 e. The molecule has 0 saturated heterocycles. The first-order valence-corrected chi connectivity index (χ1v) is 18.3. The minimum Gasteiger partial charge on any atom is -0.330 e. The second-order valence-electron chi connectivity index (χ2n) is 13.4. The maximum absolute atomic E-state index is 6.20. The fourth-order valence-electron chi connectivity index (χ4n) is 7.44. The second-order valence-corrected chi connectivity index (χ2v) is 13.4. The molecule has 0 heterocycles. The summed E-state index contributed by atoms with van der Waals surface area (Å²) in [6, 6.07) is 67.9. The van der Waals surface area contributed by atoms with E-state index >= 15 is 0 Å². The number of hydrogen-bond donors (Lipinski definition) is 1. The van der Waals surface area contributed by atoms with E-state index in [9.17, 15) is 0 Å². The van der Waals surface area contributed by atoms with Crippen LogP contribution in [0.25, 0.3) is 32.7 Å². The van der Waals surface area contributed by atoms with E-state index in [1.165, 1.54) is 38.2 Å². The molecule has 52 heavy (non-hydrogen) atoms. The number of fused-ring (bicyclic) bond motifs is 2. The van der Waals surface area contributed by atoms with Gasteiger partial charge in [0.1, 0.15) is 0 Å². The van der Waals surface area contributed by atoms with E-state index in [2.05, 4.69) is 205 Å². The number of nitrogens with two attached hydrogens (primary N) is 1. The summed E-state index contributed by atoms with van der Waals surface area (Å²) < 4.78 is 0. The number of nitrogens with zero attached hydrogens (tertiary/aromatic N) is 2. The van der Waals surface area contributed by atoms with Crippen molar-refractivity contribution in [3.05, 3.63) is 194 Å². The van der Waals surface area contributed by atoms with Crippen LogP contribution >= 0.6 is 0 Å². The molecule has 0 aromatic heterocycles. The van der Waals surface area contributed by atoms with Gasteiger partial charge in [-0.2, -0.15) is 0 Å². The minimum absolute atomic E-state index is 0.370. The standard InChI is InChI=1S/C49H43N3/c1-2-11-42(35-50)39-22-25-43(26-23-39)51(47-29-24-37-14-6-7-16-41(37)34-47)44-30-32-46(33-31-44)52(49-19-10-17-40-15-8-9-18-48(40)49)45-27-20-38(21-28-45)36-12-4-3-5-13-36/h3-10,12-34,42H,2,11,35,50H2,1H3. The van der Waals surface area contributed by atoms with Crippen LogP contribution in [-0.4, -0.2) is 6.54 Å². The Balaban J connectivity index is 1.22. The molecule has 0 aliphatic carbocycles. The van der Waals surface area contributed by atoms with Gasteiger partial charge >= 0.3 is 0 Å². The molecule has 0 amide bonds. The Hall–Kier alpha value is -6.16. The number of anilines is 6. The molecule has 8 aromatic carbocycles. The molecule has 0 fully saturated rings. The first kappa shape index (κ1) is 33.0. The summed E-state index contributed by atoms with van der Waals surface area (Å²) >= 11 is 0. The summed E-state index contributed by atoms with van der Waals surface area (Å²) in [6.45, 7) is 2.88. The van der Waals surface area contributed by atoms with Crippen LogP contribution in [0.15, 0.2) is 188 Å². The van der Waals surface area contributed by atoms with Crippen LogP contribution in [0.3, 0.4) is 0 Å². The zero-order valence-corrected chi connectivity index (χ0v) is 29.6. The lowest BCUT2D eigenvalue weighted by Crippen LogP contribution is -2.14. The van der Waals surface area contributed by atoms with E-state index in [1.54, 1.807) is 0 Å². The maximum Gasteiger partial charge on any atom is 0.0540 e. The average molecular weight is 674 g/mol. The summed E-state index contributed by atoms with van der Waals surface area (Å²) in [4.78, 5) is 4.73. The van der Waals surface area contributed by atoms with Crippen LogP contribution in [0.5, 0.6) is 0 Å². The molecule has 1 atom stereocenters. The van der Waals surface area contributed by atoms with Gasteiger partial charge in [-0.25, -0.2) is 0 Å². The molecule has 1 unspecified atom stereocenters. The SMILES string of the molecule is CCCC(CN)c1ccc(N(c2ccc(N(c3ccc(-c4ccccc4)cc3)c3cccc4ccccc34)cc2)c2ccc3ccccc3c2)cc1. The number of rotatable bonds is 11. The lowest BCUT2D eigenvalue weighted by Gasteiger charge is -2.29. The van der Waals surface area contributed by atoms with E-state index in [0.29, 0.717) is 12.5 Å². The van der Waals surface area contributed by atoms with Crippen LogP contribution in [-0.2, 0) is 0 Å². The van der Waals surface area contributed by atoms with E-state index in [1.807, 2.05) is 0 Å². The molecule has 8 rings (SSSR count). The Morgan fingerprint density at radius 3 is 1.63 bits per heavy atom. The molecular weight excluding hydrogens is 631 g/mol. The topological polar surface area (TPSA) is 32.5 Å². The molecule has 0 spiro atoms. The molecule has 0 radical (unpaired) electrons. The van der Waals surface area contributed by atoms with Gasteiger partial charge in [-0.3, -0.25) is 0 Å². The monoisotopic (exact) mass is 673 g/mol.